The van der Waals surface area contributed by atoms with E-state index in [1.165, 1.54) is 12.8 Å². The van der Waals surface area contributed by atoms with Gasteiger partial charge in [0.2, 0.25) is 5.91 Å². The Morgan fingerprint density at radius 1 is 1.42 bits per heavy atom. The van der Waals surface area contributed by atoms with E-state index in [9.17, 15) is 9.00 Å². The molecule has 0 saturated heterocycles. The zero-order chi connectivity index (χ0) is 13.8. The quantitative estimate of drug-likeness (QED) is 0.825. The Morgan fingerprint density at radius 3 is 2.74 bits per heavy atom. The van der Waals surface area contributed by atoms with Crippen LogP contribution in [0.2, 0.25) is 0 Å². The summed E-state index contributed by atoms with van der Waals surface area (Å²) in [5.74, 6) is -0.158. The Kier molecular flexibility index (Phi) is 4.58. The fourth-order valence-electron chi connectivity index (χ4n) is 2.41. The lowest BCUT2D eigenvalue weighted by Gasteiger charge is -2.12. The van der Waals surface area contributed by atoms with Crippen molar-refractivity contribution in [1.82, 2.24) is 5.32 Å². The second-order valence-electron chi connectivity index (χ2n) is 5.08. The van der Waals surface area contributed by atoms with Crippen LogP contribution < -0.4 is 11.1 Å². The molecule has 1 aromatic carbocycles. The van der Waals surface area contributed by atoms with Gasteiger partial charge in [0, 0.05) is 11.7 Å². The maximum atomic E-state index is 12.1. The highest BCUT2D eigenvalue weighted by atomic mass is 32.2. The SMILES string of the molecule is Cc1ccc(S(=O)CC(=O)NC2CCCC2)c(N)c1. The number of nitrogen functional groups attached to an aromatic ring is 1. The molecule has 0 bridgehead atoms. The third-order valence-corrected chi connectivity index (χ3v) is 4.78. The first kappa shape index (κ1) is 14.1. The minimum Gasteiger partial charge on any atom is -0.398 e. The highest BCUT2D eigenvalue weighted by Crippen LogP contribution is 2.19. The van der Waals surface area contributed by atoms with Crippen LogP contribution >= 0.6 is 0 Å². The number of nitrogens with one attached hydrogen (secondary N) is 1. The molecule has 2 rings (SSSR count). The predicted molar refractivity (Wildman–Crippen MR) is 77.3 cm³/mol. The standard InChI is InChI=1S/C14H20N2O2S/c1-10-6-7-13(12(15)8-10)19(18)9-14(17)16-11-4-2-3-5-11/h6-8,11H,2-5,9,15H2,1H3,(H,16,17). The fraction of sp³-hybridized carbons (Fsp3) is 0.500. The summed E-state index contributed by atoms with van der Waals surface area (Å²) in [5.41, 5.74) is 7.35. The molecule has 4 nitrogen and oxygen atoms in total. The topological polar surface area (TPSA) is 72.2 Å². The average molecular weight is 280 g/mol. The summed E-state index contributed by atoms with van der Waals surface area (Å²) in [5, 5.41) is 2.94. The molecule has 5 heteroatoms. The van der Waals surface area contributed by atoms with E-state index < -0.39 is 10.8 Å². The van der Waals surface area contributed by atoms with Gasteiger partial charge in [-0.1, -0.05) is 18.9 Å². The second kappa shape index (κ2) is 6.19. The number of benzene rings is 1. The van der Waals surface area contributed by atoms with Crippen molar-refractivity contribution < 1.29 is 9.00 Å². The molecule has 0 aliphatic heterocycles. The fourth-order valence-corrected chi connectivity index (χ4v) is 3.43. The summed E-state index contributed by atoms with van der Waals surface area (Å²) in [6.45, 7) is 1.93. The molecule has 0 radical (unpaired) electrons. The number of hydrogen-bond donors (Lipinski definition) is 2. The molecule has 1 aromatic rings. The lowest BCUT2D eigenvalue weighted by Crippen LogP contribution is -2.35. The van der Waals surface area contributed by atoms with E-state index in [-0.39, 0.29) is 17.7 Å². The van der Waals surface area contributed by atoms with E-state index in [0.717, 1.165) is 18.4 Å². The molecule has 1 amide bonds. The number of nitrogens with two attached hydrogens (primary N) is 1. The van der Waals surface area contributed by atoms with Crippen molar-refractivity contribution >= 4 is 22.4 Å². The number of carbonyl (C=O) groups is 1. The minimum atomic E-state index is -1.37. The number of anilines is 1. The van der Waals surface area contributed by atoms with Gasteiger partial charge in [0.1, 0.15) is 5.75 Å². The summed E-state index contributed by atoms with van der Waals surface area (Å²) in [6.07, 6.45) is 4.40. The number of aryl methyl sites for hydroxylation is 1. The van der Waals surface area contributed by atoms with Crippen molar-refractivity contribution in [3.63, 3.8) is 0 Å². The normalized spacial score (nSPS) is 17.3. The molecule has 0 aromatic heterocycles. The molecule has 1 saturated carbocycles. The lowest BCUT2D eigenvalue weighted by atomic mass is 10.2. The largest absolute Gasteiger partial charge is 0.398 e. The number of rotatable bonds is 4. The van der Waals surface area contributed by atoms with Gasteiger partial charge in [-0.05, 0) is 37.5 Å². The molecule has 3 N–H and O–H groups in total. The van der Waals surface area contributed by atoms with E-state index in [1.807, 2.05) is 13.0 Å². The van der Waals surface area contributed by atoms with Crippen LogP contribution in [0.25, 0.3) is 0 Å². The van der Waals surface area contributed by atoms with Crippen LogP contribution in [-0.4, -0.2) is 21.9 Å². The average Bonchev–Trinajstić information content (AvgIpc) is 2.81. The summed E-state index contributed by atoms with van der Waals surface area (Å²) in [7, 11) is -1.37. The molecule has 0 heterocycles. The molecule has 1 aliphatic carbocycles. The summed E-state index contributed by atoms with van der Waals surface area (Å²) in [4.78, 5) is 12.4. The molecule has 1 fully saturated rings. The van der Waals surface area contributed by atoms with Crippen molar-refractivity contribution in [2.45, 2.75) is 43.5 Å². The smallest absolute Gasteiger partial charge is 0.233 e. The zero-order valence-corrected chi connectivity index (χ0v) is 12.0. The van der Waals surface area contributed by atoms with E-state index in [2.05, 4.69) is 5.32 Å². The molecular formula is C14H20N2O2S. The minimum absolute atomic E-state index is 0.0102. The van der Waals surface area contributed by atoms with Gasteiger partial charge in [0.15, 0.2) is 0 Å². The molecule has 1 aliphatic rings. The highest BCUT2D eigenvalue weighted by molar-refractivity contribution is 7.86. The van der Waals surface area contributed by atoms with Crippen molar-refractivity contribution in [2.75, 3.05) is 11.5 Å². The number of amides is 1. The maximum Gasteiger partial charge on any atom is 0.233 e. The van der Waals surface area contributed by atoms with Crippen LogP contribution in [0.15, 0.2) is 23.1 Å². The molecule has 1 atom stereocenters. The Hall–Kier alpha value is -1.36. The third-order valence-electron chi connectivity index (χ3n) is 3.39. The van der Waals surface area contributed by atoms with Crippen molar-refractivity contribution in [1.29, 1.82) is 0 Å². The first-order valence-corrected chi connectivity index (χ1v) is 7.92. The van der Waals surface area contributed by atoms with Crippen LogP contribution in [0.3, 0.4) is 0 Å². The molecular weight excluding hydrogens is 260 g/mol. The number of carbonyl (C=O) groups excluding carboxylic acids is 1. The van der Waals surface area contributed by atoms with Crippen molar-refractivity contribution in [3.05, 3.63) is 23.8 Å². The Morgan fingerprint density at radius 2 is 2.11 bits per heavy atom. The van der Waals surface area contributed by atoms with Crippen LogP contribution in [-0.2, 0) is 15.6 Å². The van der Waals surface area contributed by atoms with Crippen LogP contribution in [0.4, 0.5) is 5.69 Å². The van der Waals surface area contributed by atoms with E-state index in [0.29, 0.717) is 10.6 Å². The van der Waals surface area contributed by atoms with E-state index in [1.54, 1.807) is 12.1 Å². The van der Waals surface area contributed by atoms with E-state index >= 15 is 0 Å². The summed E-state index contributed by atoms with van der Waals surface area (Å²) in [6, 6.07) is 5.64. The van der Waals surface area contributed by atoms with Gasteiger partial charge in [-0.3, -0.25) is 9.00 Å². The molecule has 104 valence electrons. The van der Waals surface area contributed by atoms with Gasteiger partial charge in [-0.25, -0.2) is 0 Å². The van der Waals surface area contributed by atoms with Gasteiger partial charge in [-0.15, -0.1) is 0 Å². The first-order chi connectivity index (χ1) is 9.06. The summed E-state index contributed by atoms with van der Waals surface area (Å²) >= 11 is 0. The molecule has 0 spiro atoms. The second-order valence-corrected chi connectivity index (χ2v) is 6.50. The predicted octanol–water partition coefficient (Wildman–Crippen LogP) is 1.74. The maximum absolute atomic E-state index is 12.1. The first-order valence-electron chi connectivity index (χ1n) is 6.60. The van der Waals surface area contributed by atoms with Crippen LogP contribution in [0.1, 0.15) is 31.2 Å². The van der Waals surface area contributed by atoms with Crippen LogP contribution in [0, 0.1) is 6.92 Å². The van der Waals surface area contributed by atoms with Gasteiger partial charge >= 0.3 is 0 Å². The van der Waals surface area contributed by atoms with Crippen LogP contribution in [0.5, 0.6) is 0 Å². The van der Waals surface area contributed by atoms with Gasteiger partial charge < -0.3 is 11.1 Å². The Bertz CT molecular complexity index is 496. The van der Waals surface area contributed by atoms with Crippen molar-refractivity contribution in [2.24, 2.45) is 0 Å². The van der Waals surface area contributed by atoms with Gasteiger partial charge in [-0.2, -0.15) is 0 Å². The Labute approximate surface area is 116 Å². The molecule has 1 unspecified atom stereocenters. The monoisotopic (exact) mass is 280 g/mol. The van der Waals surface area contributed by atoms with E-state index in [4.69, 9.17) is 5.73 Å². The van der Waals surface area contributed by atoms with Gasteiger partial charge in [0.25, 0.3) is 0 Å². The van der Waals surface area contributed by atoms with Gasteiger partial charge in [0.05, 0.1) is 15.7 Å². The Balaban J connectivity index is 1.94. The summed E-state index contributed by atoms with van der Waals surface area (Å²) < 4.78 is 12.1. The third kappa shape index (κ3) is 3.80. The zero-order valence-electron chi connectivity index (χ0n) is 11.1. The lowest BCUT2D eigenvalue weighted by molar-refractivity contribution is -0.119. The van der Waals surface area contributed by atoms with Crippen molar-refractivity contribution in [3.8, 4) is 0 Å². The molecule has 19 heavy (non-hydrogen) atoms. The highest BCUT2D eigenvalue weighted by Gasteiger charge is 2.19. The number of hydrogen-bond acceptors (Lipinski definition) is 3.